The Kier molecular flexibility index (Phi) is 7.05. The standard InChI is InChI=1S/C23H22F3N3O4/c1-4-33-21(31)18-19(32-3)20(30)29(2)22(28-18)27-17(14-10-6-5-7-11-14)15-12-8-9-13-16(15)23(24,25)26/h5-13,17H,4H2,1-3H3,(H,27,28). The number of rotatable bonds is 7. The summed E-state index contributed by atoms with van der Waals surface area (Å²) < 4.78 is 52.4. The molecule has 0 radical (unpaired) electrons. The topological polar surface area (TPSA) is 82.5 Å². The Balaban J connectivity index is 2.20. The van der Waals surface area contributed by atoms with Crippen LogP contribution in [0.25, 0.3) is 0 Å². The number of ether oxygens (including phenoxy) is 2. The number of hydrogen-bond donors (Lipinski definition) is 1. The van der Waals surface area contributed by atoms with Crippen LogP contribution < -0.4 is 15.6 Å². The summed E-state index contributed by atoms with van der Waals surface area (Å²) >= 11 is 0. The summed E-state index contributed by atoms with van der Waals surface area (Å²) in [7, 11) is 2.58. The smallest absolute Gasteiger partial charge is 0.416 e. The van der Waals surface area contributed by atoms with Crippen molar-refractivity contribution in [2.45, 2.75) is 19.1 Å². The summed E-state index contributed by atoms with van der Waals surface area (Å²) in [6.07, 6.45) is -4.61. The molecule has 1 unspecified atom stereocenters. The molecule has 1 aromatic heterocycles. The number of methoxy groups -OCH3 is 1. The molecule has 3 aromatic rings. The predicted molar refractivity (Wildman–Crippen MR) is 115 cm³/mol. The molecule has 33 heavy (non-hydrogen) atoms. The van der Waals surface area contributed by atoms with Crippen molar-refractivity contribution in [3.05, 3.63) is 87.3 Å². The number of alkyl halides is 3. The fourth-order valence-corrected chi connectivity index (χ4v) is 3.35. The third-order valence-corrected chi connectivity index (χ3v) is 4.91. The van der Waals surface area contributed by atoms with Crippen LogP contribution in [0.5, 0.6) is 5.75 Å². The van der Waals surface area contributed by atoms with Gasteiger partial charge in [0.05, 0.1) is 25.3 Å². The summed E-state index contributed by atoms with van der Waals surface area (Å²) in [5, 5.41) is 2.91. The van der Waals surface area contributed by atoms with E-state index in [4.69, 9.17) is 9.47 Å². The molecule has 3 rings (SSSR count). The molecule has 10 heteroatoms. The summed E-state index contributed by atoms with van der Waals surface area (Å²) in [5.74, 6) is -1.34. The first kappa shape index (κ1) is 23.8. The van der Waals surface area contributed by atoms with E-state index >= 15 is 0 Å². The summed E-state index contributed by atoms with van der Waals surface area (Å²) in [5.41, 5.74) is -1.48. The third-order valence-electron chi connectivity index (χ3n) is 4.91. The first-order valence-electron chi connectivity index (χ1n) is 9.98. The van der Waals surface area contributed by atoms with Gasteiger partial charge in [-0.25, -0.2) is 9.78 Å². The molecule has 0 amide bonds. The summed E-state index contributed by atoms with van der Waals surface area (Å²) in [6.45, 7) is 1.62. The molecule has 1 N–H and O–H groups in total. The molecule has 1 atom stereocenters. The van der Waals surface area contributed by atoms with E-state index in [1.807, 2.05) is 0 Å². The van der Waals surface area contributed by atoms with Crippen molar-refractivity contribution < 1.29 is 27.4 Å². The molecule has 1 heterocycles. The number of hydrogen-bond acceptors (Lipinski definition) is 6. The molecule has 0 saturated carbocycles. The second-order valence-corrected chi connectivity index (χ2v) is 6.97. The highest BCUT2D eigenvalue weighted by Gasteiger charge is 2.36. The van der Waals surface area contributed by atoms with E-state index in [2.05, 4.69) is 10.3 Å². The van der Waals surface area contributed by atoms with Gasteiger partial charge in [0.25, 0.3) is 5.56 Å². The van der Waals surface area contributed by atoms with Gasteiger partial charge in [0, 0.05) is 7.05 Å². The molecule has 7 nitrogen and oxygen atoms in total. The van der Waals surface area contributed by atoms with Crippen molar-refractivity contribution >= 4 is 11.9 Å². The Morgan fingerprint density at radius 3 is 2.36 bits per heavy atom. The van der Waals surface area contributed by atoms with Crippen molar-refractivity contribution in [3.63, 3.8) is 0 Å². The number of carbonyl (C=O) groups excluding carboxylic acids is 1. The molecular weight excluding hydrogens is 439 g/mol. The molecule has 0 aliphatic heterocycles. The van der Waals surface area contributed by atoms with Crippen LogP contribution in [0, 0.1) is 0 Å². The minimum absolute atomic E-state index is 0.0350. The summed E-state index contributed by atoms with van der Waals surface area (Å²) in [6, 6.07) is 12.5. The number of benzene rings is 2. The van der Waals surface area contributed by atoms with Crippen LogP contribution in [-0.4, -0.2) is 29.2 Å². The van der Waals surface area contributed by atoms with Crippen LogP contribution in [0.3, 0.4) is 0 Å². The van der Waals surface area contributed by atoms with Crippen molar-refractivity contribution in [2.75, 3.05) is 19.0 Å². The molecule has 0 bridgehead atoms. The third kappa shape index (κ3) is 5.00. The number of halogens is 3. The second-order valence-electron chi connectivity index (χ2n) is 6.97. The zero-order chi connectivity index (χ0) is 24.2. The normalized spacial score (nSPS) is 12.2. The lowest BCUT2D eigenvalue weighted by Crippen LogP contribution is -2.29. The Hall–Kier alpha value is -3.82. The number of anilines is 1. The SMILES string of the molecule is CCOC(=O)c1nc(NC(c2ccccc2)c2ccccc2C(F)(F)F)n(C)c(=O)c1OC. The zero-order valence-corrected chi connectivity index (χ0v) is 18.1. The van der Waals surface area contributed by atoms with Gasteiger partial charge in [-0.15, -0.1) is 0 Å². The van der Waals surface area contributed by atoms with E-state index in [1.165, 1.54) is 32.4 Å². The highest BCUT2D eigenvalue weighted by Crippen LogP contribution is 2.37. The molecule has 2 aromatic carbocycles. The minimum atomic E-state index is -4.61. The quantitative estimate of drug-likeness (QED) is 0.532. The van der Waals surface area contributed by atoms with Crippen LogP contribution in [0.4, 0.5) is 19.1 Å². The van der Waals surface area contributed by atoms with Crippen LogP contribution in [0.1, 0.15) is 40.1 Å². The van der Waals surface area contributed by atoms with Gasteiger partial charge >= 0.3 is 12.1 Å². The van der Waals surface area contributed by atoms with Crippen LogP contribution in [-0.2, 0) is 18.0 Å². The van der Waals surface area contributed by atoms with Crippen LogP contribution in [0.2, 0.25) is 0 Å². The van der Waals surface area contributed by atoms with Crippen molar-refractivity contribution in [1.29, 1.82) is 0 Å². The second kappa shape index (κ2) is 9.76. The average Bonchev–Trinajstić information content (AvgIpc) is 2.80. The van der Waals surface area contributed by atoms with Crippen molar-refractivity contribution in [2.24, 2.45) is 7.05 Å². The highest BCUT2D eigenvalue weighted by atomic mass is 19.4. The first-order valence-corrected chi connectivity index (χ1v) is 9.98. The maximum absolute atomic E-state index is 13.8. The van der Waals surface area contributed by atoms with Gasteiger partial charge in [-0.3, -0.25) is 9.36 Å². The van der Waals surface area contributed by atoms with Crippen LogP contribution >= 0.6 is 0 Å². The lowest BCUT2D eigenvalue weighted by Gasteiger charge is -2.25. The molecular formula is C23H22F3N3O4. The largest absolute Gasteiger partial charge is 0.489 e. The maximum Gasteiger partial charge on any atom is 0.416 e. The number of carbonyl (C=O) groups is 1. The molecule has 174 valence electrons. The zero-order valence-electron chi connectivity index (χ0n) is 18.1. The van der Waals surface area contributed by atoms with E-state index < -0.39 is 29.3 Å². The van der Waals surface area contributed by atoms with Crippen molar-refractivity contribution in [1.82, 2.24) is 9.55 Å². The van der Waals surface area contributed by atoms with Gasteiger partial charge in [0.15, 0.2) is 5.69 Å². The van der Waals surface area contributed by atoms with E-state index in [9.17, 15) is 22.8 Å². The van der Waals surface area contributed by atoms with Gasteiger partial charge in [-0.2, -0.15) is 13.2 Å². The fraction of sp³-hybridized carbons (Fsp3) is 0.261. The molecule has 0 saturated heterocycles. The molecule has 0 fully saturated rings. The van der Waals surface area contributed by atoms with Gasteiger partial charge in [0.2, 0.25) is 11.7 Å². The Morgan fingerprint density at radius 1 is 1.12 bits per heavy atom. The van der Waals surface area contributed by atoms with E-state index in [0.29, 0.717) is 5.56 Å². The number of nitrogens with zero attached hydrogens (tertiary/aromatic N) is 2. The number of nitrogens with one attached hydrogen (secondary N) is 1. The van der Waals surface area contributed by atoms with Gasteiger partial charge in [-0.05, 0) is 24.1 Å². The number of aromatic nitrogens is 2. The van der Waals surface area contributed by atoms with E-state index in [0.717, 1.165) is 10.6 Å². The van der Waals surface area contributed by atoms with E-state index in [-0.39, 0.29) is 29.6 Å². The number of esters is 1. The van der Waals surface area contributed by atoms with Gasteiger partial charge < -0.3 is 14.8 Å². The minimum Gasteiger partial charge on any atom is -0.489 e. The van der Waals surface area contributed by atoms with E-state index in [1.54, 1.807) is 37.3 Å². The lowest BCUT2D eigenvalue weighted by molar-refractivity contribution is -0.138. The van der Waals surface area contributed by atoms with Gasteiger partial charge in [0.1, 0.15) is 0 Å². The monoisotopic (exact) mass is 461 g/mol. The average molecular weight is 461 g/mol. The van der Waals surface area contributed by atoms with Gasteiger partial charge in [-0.1, -0.05) is 48.5 Å². The Morgan fingerprint density at radius 2 is 1.76 bits per heavy atom. The molecule has 0 aliphatic carbocycles. The maximum atomic E-state index is 13.8. The van der Waals surface area contributed by atoms with Crippen LogP contribution in [0.15, 0.2) is 59.4 Å². The first-order chi connectivity index (χ1) is 15.7. The van der Waals surface area contributed by atoms with Crippen molar-refractivity contribution in [3.8, 4) is 5.75 Å². The summed E-state index contributed by atoms with van der Waals surface area (Å²) in [4.78, 5) is 29.3. The molecule has 0 spiro atoms. The lowest BCUT2D eigenvalue weighted by atomic mass is 9.94. The highest BCUT2D eigenvalue weighted by molar-refractivity contribution is 5.90. The molecule has 0 aliphatic rings. The Labute approximate surface area is 187 Å². The predicted octanol–water partition coefficient (Wildman–Crippen LogP) is 4.19. The fourth-order valence-electron chi connectivity index (χ4n) is 3.35. The Bertz CT molecular complexity index is 1190.